The number of rotatable bonds is 2. The lowest BCUT2D eigenvalue weighted by Gasteiger charge is -2.04. The number of hydrogen-bond donors (Lipinski definition) is 3. The second-order valence-corrected chi connectivity index (χ2v) is 2.84. The second kappa shape index (κ2) is 2.70. The van der Waals surface area contributed by atoms with Crippen molar-refractivity contribution in [3.8, 4) is 0 Å². The highest BCUT2D eigenvalue weighted by atomic mass is 15.5. The monoisotopic (exact) mass is 181 g/mol. The van der Waals surface area contributed by atoms with Crippen LogP contribution in [-0.4, -0.2) is 16.3 Å². The first-order valence-corrected chi connectivity index (χ1v) is 3.98. The molecule has 0 amide bonds. The van der Waals surface area contributed by atoms with E-state index < -0.39 is 0 Å². The maximum Gasteiger partial charge on any atom is 0.200 e. The molecule has 1 aliphatic rings. The summed E-state index contributed by atoms with van der Waals surface area (Å²) in [6, 6.07) is 0. The highest BCUT2D eigenvalue weighted by molar-refractivity contribution is 5.71. The van der Waals surface area contributed by atoms with Crippen molar-refractivity contribution in [3.05, 3.63) is 0 Å². The third-order valence-corrected chi connectivity index (χ3v) is 1.94. The number of hydrogen-bond acceptors (Lipinski definition) is 6. The Balaban J connectivity index is 2.37. The van der Waals surface area contributed by atoms with Gasteiger partial charge in [0.2, 0.25) is 0 Å². The number of nitrogen functional groups attached to an aromatic ring is 2. The van der Waals surface area contributed by atoms with Crippen LogP contribution in [0, 0.1) is 0 Å². The average Bonchev–Trinajstić information content (AvgIpc) is 2.59. The minimum absolute atomic E-state index is 0.139. The fraction of sp³-hybridized carbons (Fsp3) is 0.500. The third kappa shape index (κ3) is 1.04. The van der Waals surface area contributed by atoms with Gasteiger partial charge in [-0.25, -0.2) is 4.68 Å². The third-order valence-electron chi connectivity index (χ3n) is 1.94. The van der Waals surface area contributed by atoms with Crippen LogP contribution >= 0.6 is 0 Å². The Labute approximate surface area is 74.6 Å². The van der Waals surface area contributed by atoms with Crippen molar-refractivity contribution in [3.63, 3.8) is 0 Å². The van der Waals surface area contributed by atoms with Gasteiger partial charge in [0, 0.05) is 6.42 Å². The van der Waals surface area contributed by atoms with Crippen LogP contribution in [0.15, 0.2) is 10.2 Å². The summed E-state index contributed by atoms with van der Waals surface area (Å²) in [6.07, 6.45) is 0.552. The highest BCUT2D eigenvalue weighted by Crippen LogP contribution is 2.37. The Morgan fingerprint density at radius 1 is 1.38 bits per heavy atom. The van der Waals surface area contributed by atoms with Gasteiger partial charge in [0.05, 0.1) is 0 Å². The number of aromatic nitrogens is 2. The molecule has 2 heterocycles. The van der Waals surface area contributed by atoms with Crippen LogP contribution < -0.4 is 17.2 Å². The van der Waals surface area contributed by atoms with E-state index in [-0.39, 0.29) is 6.17 Å². The molecule has 1 unspecified atom stereocenters. The Bertz CT molecular complexity index is 352. The topological polar surface area (TPSA) is 121 Å². The van der Waals surface area contributed by atoms with E-state index in [9.17, 15) is 0 Å². The SMILES string of the molecule is NCCC1N=Nc2c(N)c(N)nn21. The molecule has 13 heavy (non-hydrogen) atoms. The molecule has 7 nitrogen and oxygen atoms in total. The minimum Gasteiger partial charge on any atom is -0.393 e. The van der Waals surface area contributed by atoms with Crippen molar-refractivity contribution < 1.29 is 0 Å². The summed E-state index contributed by atoms with van der Waals surface area (Å²) in [5.74, 6) is 0.839. The van der Waals surface area contributed by atoms with E-state index in [0.717, 1.165) is 0 Å². The summed E-state index contributed by atoms with van der Waals surface area (Å²) < 4.78 is 1.61. The van der Waals surface area contributed by atoms with Gasteiger partial charge in [0.25, 0.3) is 0 Å². The van der Waals surface area contributed by atoms with E-state index in [2.05, 4.69) is 15.3 Å². The molecule has 0 aliphatic carbocycles. The number of nitrogens with two attached hydrogens (primary N) is 3. The molecule has 7 heteroatoms. The summed E-state index contributed by atoms with van der Waals surface area (Å²) >= 11 is 0. The molecule has 1 aliphatic heterocycles. The summed E-state index contributed by atoms with van der Waals surface area (Å²) in [4.78, 5) is 0. The fourth-order valence-corrected chi connectivity index (χ4v) is 1.26. The molecule has 0 saturated heterocycles. The molecule has 0 bridgehead atoms. The second-order valence-electron chi connectivity index (χ2n) is 2.84. The maximum absolute atomic E-state index is 5.62. The zero-order valence-electron chi connectivity index (χ0n) is 7.01. The molecule has 1 aromatic rings. The summed E-state index contributed by atoms with van der Waals surface area (Å²) in [6.45, 7) is 0.531. The van der Waals surface area contributed by atoms with Gasteiger partial charge in [0.15, 0.2) is 17.8 Å². The van der Waals surface area contributed by atoms with E-state index in [1.807, 2.05) is 0 Å². The lowest BCUT2D eigenvalue weighted by atomic mass is 10.3. The van der Waals surface area contributed by atoms with Gasteiger partial charge in [-0.05, 0) is 6.54 Å². The lowest BCUT2D eigenvalue weighted by molar-refractivity contribution is 0.469. The summed E-state index contributed by atoms with van der Waals surface area (Å²) in [5.41, 5.74) is 16.9. The smallest absolute Gasteiger partial charge is 0.200 e. The highest BCUT2D eigenvalue weighted by Gasteiger charge is 2.24. The van der Waals surface area contributed by atoms with Gasteiger partial charge < -0.3 is 17.2 Å². The Morgan fingerprint density at radius 2 is 2.15 bits per heavy atom. The van der Waals surface area contributed by atoms with E-state index in [1.165, 1.54) is 0 Å². The molecular formula is C6H11N7. The summed E-state index contributed by atoms with van der Waals surface area (Å²) in [5, 5.41) is 11.9. The molecule has 6 N–H and O–H groups in total. The van der Waals surface area contributed by atoms with Gasteiger partial charge >= 0.3 is 0 Å². The van der Waals surface area contributed by atoms with Gasteiger partial charge in [-0.2, -0.15) is 5.11 Å². The fourth-order valence-electron chi connectivity index (χ4n) is 1.26. The van der Waals surface area contributed by atoms with Crippen molar-refractivity contribution >= 4 is 17.3 Å². The van der Waals surface area contributed by atoms with Crippen LogP contribution in [0.2, 0.25) is 0 Å². The number of fused-ring (bicyclic) bond motifs is 1. The molecule has 1 atom stereocenters. The van der Waals surface area contributed by atoms with E-state index >= 15 is 0 Å². The Kier molecular flexibility index (Phi) is 1.66. The maximum atomic E-state index is 5.62. The van der Waals surface area contributed by atoms with E-state index in [1.54, 1.807) is 4.68 Å². The molecule has 0 saturated carbocycles. The van der Waals surface area contributed by atoms with Crippen molar-refractivity contribution in [2.24, 2.45) is 16.0 Å². The van der Waals surface area contributed by atoms with Crippen LogP contribution in [0.4, 0.5) is 17.3 Å². The van der Waals surface area contributed by atoms with Crippen LogP contribution in [0.3, 0.4) is 0 Å². The first-order chi connectivity index (χ1) is 6.24. The molecular weight excluding hydrogens is 170 g/mol. The molecule has 0 radical (unpaired) electrons. The number of azo groups is 1. The molecule has 0 fully saturated rings. The predicted octanol–water partition coefficient (Wildman–Crippen LogP) is -0.00780. The van der Waals surface area contributed by atoms with Gasteiger partial charge in [-0.3, -0.25) is 0 Å². The first kappa shape index (κ1) is 7.99. The number of anilines is 2. The summed E-state index contributed by atoms with van der Waals surface area (Å²) in [7, 11) is 0. The lowest BCUT2D eigenvalue weighted by Crippen LogP contribution is -2.10. The zero-order valence-corrected chi connectivity index (χ0v) is 7.01. The minimum atomic E-state index is -0.139. The van der Waals surface area contributed by atoms with Crippen LogP contribution in [0.5, 0.6) is 0 Å². The predicted molar refractivity (Wildman–Crippen MR) is 48.3 cm³/mol. The normalized spacial score (nSPS) is 19.3. The van der Waals surface area contributed by atoms with Gasteiger partial charge in [-0.15, -0.1) is 10.2 Å². The molecule has 0 spiro atoms. The Morgan fingerprint density at radius 3 is 2.85 bits per heavy atom. The van der Waals surface area contributed by atoms with Crippen LogP contribution in [0.25, 0.3) is 0 Å². The Hall–Kier alpha value is -1.63. The first-order valence-electron chi connectivity index (χ1n) is 3.98. The van der Waals surface area contributed by atoms with Crippen molar-refractivity contribution in [1.29, 1.82) is 0 Å². The zero-order chi connectivity index (χ0) is 9.42. The van der Waals surface area contributed by atoms with Crippen LogP contribution in [-0.2, 0) is 0 Å². The van der Waals surface area contributed by atoms with Crippen molar-refractivity contribution in [2.75, 3.05) is 18.0 Å². The molecule has 0 aromatic carbocycles. The van der Waals surface area contributed by atoms with Crippen molar-refractivity contribution in [2.45, 2.75) is 12.6 Å². The number of nitrogens with zero attached hydrogens (tertiary/aromatic N) is 4. The molecule has 70 valence electrons. The van der Waals surface area contributed by atoms with E-state index in [0.29, 0.717) is 30.3 Å². The average molecular weight is 181 g/mol. The van der Waals surface area contributed by atoms with Gasteiger partial charge in [-0.1, -0.05) is 0 Å². The van der Waals surface area contributed by atoms with E-state index in [4.69, 9.17) is 17.2 Å². The quantitative estimate of drug-likeness (QED) is 0.594. The molecule has 1 aromatic heterocycles. The van der Waals surface area contributed by atoms with Gasteiger partial charge in [0.1, 0.15) is 5.69 Å². The largest absolute Gasteiger partial charge is 0.393 e. The molecule has 2 rings (SSSR count). The standard InChI is InChI=1S/C6H11N7/c7-2-1-3-10-11-6-4(8)5(9)12-13(3)6/h3H,1-2,7-8H2,(H2,9,12). The van der Waals surface area contributed by atoms with Crippen molar-refractivity contribution in [1.82, 2.24) is 9.78 Å². The van der Waals surface area contributed by atoms with Crippen LogP contribution in [0.1, 0.15) is 12.6 Å².